The fourth-order valence-electron chi connectivity index (χ4n) is 1.82. The summed E-state index contributed by atoms with van der Waals surface area (Å²) >= 11 is 4.25. The highest BCUT2D eigenvalue weighted by Crippen LogP contribution is 2.33. The standard InChI is InChI=1S/C14H20OS2/c1-2-6-13(7-3-1)12-15-9-4-8-14-16-10-5-11-17-14/h1-3,6-7,14H,4-5,8-12H2. The molecule has 3 heteroatoms. The first-order valence-electron chi connectivity index (χ1n) is 6.30. The number of hydrogen-bond acceptors (Lipinski definition) is 3. The molecule has 1 aromatic rings. The summed E-state index contributed by atoms with van der Waals surface area (Å²) < 4.78 is 6.52. The van der Waals surface area contributed by atoms with E-state index in [2.05, 4.69) is 47.8 Å². The lowest BCUT2D eigenvalue weighted by Crippen LogP contribution is -2.07. The lowest BCUT2D eigenvalue weighted by molar-refractivity contribution is 0.118. The molecule has 1 fully saturated rings. The summed E-state index contributed by atoms with van der Waals surface area (Å²) in [5.41, 5.74) is 1.27. The monoisotopic (exact) mass is 268 g/mol. The van der Waals surface area contributed by atoms with Gasteiger partial charge in [-0.05, 0) is 36.3 Å². The molecule has 1 aromatic carbocycles. The molecular formula is C14H20OS2. The van der Waals surface area contributed by atoms with Gasteiger partial charge in [0.2, 0.25) is 0 Å². The Morgan fingerprint density at radius 1 is 1.12 bits per heavy atom. The van der Waals surface area contributed by atoms with Gasteiger partial charge in [-0.3, -0.25) is 0 Å². The molecule has 0 aromatic heterocycles. The van der Waals surface area contributed by atoms with Gasteiger partial charge >= 0.3 is 0 Å². The van der Waals surface area contributed by atoms with Crippen LogP contribution in [-0.2, 0) is 11.3 Å². The first-order valence-corrected chi connectivity index (χ1v) is 8.40. The van der Waals surface area contributed by atoms with Crippen LogP contribution in [0.25, 0.3) is 0 Å². The van der Waals surface area contributed by atoms with Gasteiger partial charge in [0.15, 0.2) is 0 Å². The predicted molar refractivity (Wildman–Crippen MR) is 78.7 cm³/mol. The summed E-state index contributed by atoms with van der Waals surface area (Å²) in [5.74, 6) is 2.70. The van der Waals surface area contributed by atoms with E-state index in [0.29, 0.717) is 0 Å². The molecule has 0 saturated carbocycles. The van der Waals surface area contributed by atoms with Crippen molar-refractivity contribution in [3.63, 3.8) is 0 Å². The fraction of sp³-hybridized carbons (Fsp3) is 0.571. The van der Waals surface area contributed by atoms with E-state index >= 15 is 0 Å². The Hall–Kier alpha value is -0.120. The zero-order chi connectivity index (χ0) is 11.8. The first-order chi connectivity index (χ1) is 8.45. The minimum atomic E-state index is 0.756. The first kappa shape index (κ1) is 13.3. The van der Waals surface area contributed by atoms with Crippen molar-refractivity contribution in [2.75, 3.05) is 18.1 Å². The lowest BCUT2D eigenvalue weighted by Gasteiger charge is -2.20. The normalized spacial score (nSPS) is 17.2. The van der Waals surface area contributed by atoms with Crippen molar-refractivity contribution in [3.05, 3.63) is 35.9 Å². The number of benzene rings is 1. The maximum Gasteiger partial charge on any atom is 0.0716 e. The molecule has 0 radical (unpaired) electrons. The maximum atomic E-state index is 5.69. The van der Waals surface area contributed by atoms with Crippen LogP contribution in [0.4, 0.5) is 0 Å². The molecule has 1 nitrogen and oxygen atoms in total. The molecule has 0 spiro atoms. The van der Waals surface area contributed by atoms with Crippen LogP contribution in [0, 0.1) is 0 Å². The van der Waals surface area contributed by atoms with Gasteiger partial charge in [0.1, 0.15) is 0 Å². The van der Waals surface area contributed by atoms with Gasteiger partial charge < -0.3 is 4.74 Å². The molecule has 0 N–H and O–H groups in total. The van der Waals surface area contributed by atoms with Gasteiger partial charge in [-0.1, -0.05) is 30.3 Å². The zero-order valence-electron chi connectivity index (χ0n) is 10.1. The summed E-state index contributed by atoms with van der Waals surface area (Å²) in [7, 11) is 0. The van der Waals surface area contributed by atoms with Crippen molar-refractivity contribution in [2.45, 2.75) is 30.5 Å². The van der Waals surface area contributed by atoms with Crippen molar-refractivity contribution < 1.29 is 4.74 Å². The van der Waals surface area contributed by atoms with Crippen LogP contribution in [-0.4, -0.2) is 22.7 Å². The summed E-state index contributed by atoms with van der Waals surface area (Å²) in [6.45, 7) is 1.65. The SMILES string of the molecule is c1ccc(COCCCC2SCCCS2)cc1. The van der Waals surface area contributed by atoms with E-state index in [1.54, 1.807) is 0 Å². The predicted octanol–water partition coefficient (Wildman–Crippen LogP) is 4.18. The Kier molecular flexibility index (Phi) is 6.32. The third-order valence-corrected chi connectivity index (χ3v) is 5.82. The smallest absolute Gasteiger partial charge is 0.0716 e. The third-order valence-electron chi connectivity index (χ3n) is 2.74. The highest BCUT2D eigenvalue weighted by molar-refractivity contribution is 8.17. The minimum Gasteiger partial charge on any atom is -0.377 e. The van der Waals surface area contributed by atoms with Gasteiger partial charge in [-0.15, -0.1) is 23.5 Å². The second-order valence-electron chi connectivity index (χ2n) is 4.21. The van der Waals surface area contributed by atoms with Crippen LogP contribution in [0.3, 0.4) is 0 Å². The van der Waals surface area contributed by atoms with Crippen molar-refractivity contribution >= 4 is 23.5 Å². The third kappa shape index (κ3) is 5.36. The van der Waals surface area contributed by atoms with Gasteiger partial charge in [0, 0.05) is 6.61 Å². The quantitative estimate of drug-likeness (QED) is 0.716. The number of thioether (sulfide) groups is 2. The fourth-order valence-corrected chi connectivity index (χ4v) is 4.78. The van der Waals surface area contributed by atoms with E-state index < -0.39 is 0 Å². The molecule has 17 heavy (non-hydrogen) atoms. The highest BCUT2D eigenvalue weighted by atomic mass is 32.2. The summed E-state index contributed by atoms with van der Waals surface area (Å²) in [5, 5.41) is 0. The number of rotatable bonds is 6. The molecule has 1 aliphatic heterocycles. The van der Waals surface area contributed by atoms with Crippen molar-refractivity contribution in [1.82, 2.24) is 0 Å². The largest absolute Gasteiger partial charge is 0.377 e. The van der Waals surface area contributed by atoms with Crippen LogP contribution >= 0.6 is 23.5 Å². The van der Waals surface area contributed by atoms with E-state index in [0.717, 1.165) is 17.8 Å². The average Bonchev–Trinajstić information content (AvgIpc) is 2.41. The van der Waals surface area contributed by atoms with Crippen molar-refractivity contribution in [3.8, 4) is 0 Å². The Morgan fingerprint density at radius 3 is 2.65 bits per heavy atom. The molecule has 0 bridgehead atoms. The molecule has 0 aliphatic carbocycles. The van der Waals surface area contributed by atoms with Gasteiger partial charge in [-0.2, -0.15) is 0 Å². The molecule has 0 amide bonds. The van der Waals surface area contributed by atoms with Crippen LogP contribution in [0.2, 0.25) is 0 Å². The number of ether oxygens (including phenoxy) is 1. The molecular weight excluding hydrogens is 248 g/mol. The average molecular weight is 268 g/mol. The Bertz CT molecular complexity index is 296. The Labute approximate surface area is 113 Å². The van der Waals surface area contributed by atoms with E-state index in [9.17, 15) is 0 Å². The Morgan fingerprint density at radius 2 is 1.88 bits per heavy atom. The van der Waals surface area contributed by atoms with Crippen LogP contribution in [0.15, 0.2) is 30.3 Å². The molecule has 1 aliphatic rings. The zero-order valence-corrected chi connectivity index (χ0v) is 11.8. The van der Waals surface area contributed by atoms with Gasteiger partial charge in [0.25, 0.3) is 0 Å². The molecule has 1 heterocycles. The van der Waals surface area contributed by atoms with Crippen LogP contribution in [0.1, 0.15) is 24.8 Å². The van der Waals surface area contributed by atoms with Crippen LogP contribution < -0.4 is 0 Å². The molecule has 2 rings (SSSR count). The maximum absolute atomic E-state index is 5.69. The van der Waals surface area contributed by atoms with Crippen molar-refractivity contribution in [2.24, 2.45) is 0 Å². The molecule has 0 unspecified atom stereocenters. The summed E-state index contributed by atoms with van der Waals surface area (Å²) in [6.07, 6.45) is 3.87. The highest BCUT2D eigenvalue weighted by Gasteiger charge is 2.13. The summed E-state index contributed by atoms with van der Waals surface area (Å²) in [6, 6.07) is 10.4. The second-order valence-corrected chi connectivity index (χ2v) is 7.12. The van der Waals surface area contributed by atoms with Gasteiger partial charge in [-0.25, -0.2) is 0 Å². The van der Waals surface area contributed by atoms with E-state index in [4.69, 9.17) is 4.74 Å². The number of hydrogen-bond donors (Lipinski definition) is 0. The Balaban J connectivity index is 1.51. The van der Waals surface area contributed by atoms with Gasteiger partial charge in [0.05, 0.1) is 11.2 Å². The lowest BCUT2D eigenvalue weighted by atomic mass is 10.2. The molecule has 94 valence electrons. The summed E-state index contributed by atoms with van der Waals surface area (Å²) in [4.78, 5) is 0. The molecule has 1 saturated heterocycles. The van der Waals surface area contributed by atoms with E-state index in [1.165, 1.54) is 36.3 Å². The second kappa shape index (κ2) is 8.06. The topological polar surface area (TPSA) is 9.23 Å². The van der Waals surface area contributed by atoms with E-state index in [1.807, 2.05) is 6.07 Å². The van der Waals surface area contributed by atoms with Crippen molar-refractivity contribution in [1.29, 1.82) is 0 Å². The van der Waals surface area contributed by atoms with E-state index in [-0.39, 0.29) is 0 Å². The van der Waals surface area contributed by atoms with Crippen LogP contribution in [0.5, 0.6) is 0 Å². The molecule has 0 atom stereocenters. The minimum absolute atomic E-state index is 0.756.